The third-order valence-corrected chi connectivity index (χ3v) is 5.51. The van der Waals surface area contributed by atoms with E-state index in [1.54, 1.807) is 0 Å². The highest BCUT2D eigenvalue weighted by Gasteiger charge is 2.46. The number of pyridine rings is 1. The molecule has 0 radical (unpaired) electrons. The second kappa shape index (κ2) is 6.23. The summed E-state index contributed by atoms with van der Waals surface area (Å²) in [6, 6.07) is 21.5. The third-order valence-electron chi connectivity index (χ3n) is 5.51. The highest BCUT2D eigenvalue weighted by molar-refractivity contribution is 6.06. The lowest BCUT2D eigenvalue weighted by atomic mass is 9.85. The topological polar surface area (TPSA) is 40.5 Å². The molecule has 3 heterocycles. The fourth-order valence-electron chi connectivity index (χ4n) is 4.22. The second-order valence-corrected chi connectivity index (χ2v) is 7.19. The largest absolute Gasteiger partial charge is 0.354 e. The maximum atomic E-state index is 4.94. The number of aromatic nitrogens is 1. The molecule has 2 aliphatic heterocycles. The standard InChI is InChI=1S/C23H22N4/c1-17-7-9-18(10-8-17)23(19-11-14-24-15-12-19)26-21-6-3-2-5-20(21)22-25-13-4-16-27(22)23/h2-3,5-12,14-15,26H,4,13,16H2,1H3. The number of anilines is 1. The van der Waals surface area contributed by atoms with Crippen molar-refractivity contribution in [1.29, 1.82) is 0 Å². The van der Waals surface area contributed by atoms with E-state index in [0.717, 1.165) is 31.0 Å². The van der Waals surface area contributed by atoms with Crippen LogP contribution in [-0.4, -0.2) is 28.8 Å². The molecule has 0 aliphatic carbocycles. The maximum Gasteiger partial charge on any atom is 0.165 e. The molecule has 0 saturated carbocycles. The molecule has 2 aliphatic rings. The summed E-state index contributed by atoms with van der Waals surface area (Å²) >= 11 is 0. The summed E-state index contributed by atoms with van der Waals surface area (Å²) in [7, 11) is 0. The molecule has 3 aromatic rings. The zero-order valence-corrected chi connectivity index (χ0v) is 15.4. The summed E-state index contributed by atoms with van der Waals surface area (Å²) in [5, 5.41) is 3.88. The van der Waals surface area contributed by atoms with Gasteiger partial charge in [-0.25, -0.2) is 0 Å². The van der Waals surface area contributed by atoms with Crippen molar-refractivity contribution in [3.8, 4) is 0 Å². The summed E-state index contributed by atoms with van der Waals surface area (Å²) < 4.78 is 0. The summed E-state index contributed by atoms with van der Waals surface area (Å²) in [6.07, 6.45) is 4.79. The molecule has 4 heteroatoms. The molecule has 0 saturated heterocycles. The zero-order valence-electron chi connectivity index (χ0n) is 15.4. The lowest BCUT2D eigenvalue weighted by Crippen LogP contribution is -2.59. The molecule has 5 rings (SSSR count). The van der Waals surface area contributed by atoms with Gasteiger partial charge in [0.05, 0.1) is 0 Å². The first-order valence-electron chi connectivity index (χ1n) is 9.46. The van der Waals surface area contributed by atoms with Gasteiger partial charge in [0.1, 0.15) is 5.84 Å². The van der Waals surface area contributed by atoms with Crippen molar-refractivity contribution < 1.29 is 0 Å². The van der Waals surface area contributed by atoms with Gasteiger partial charge in [-0.05, 0) is 37.6 Å². The Balaban J connectivity index is 1.81. The van der Waals surface area contributed by atoms with Crippen molar-refractivity contribution in [2.24, 2.45) is 4.99 Å². The van der Waals surface area contributed by atoms with E-state index in [2.05, 4.69) is 82.8 Å². The van der Waals surface area contributed by atoms with Gasteiger partial charge in [-0.2, -0.15) is 0 Å². The first-order valence-corrected chi connectivity index (χ1v) is 9.46. The normalized spacial score (nSPS) is 20.9. The summed E-state index contributed by atoms with van der Waals surface area (Å²) in [6.45, 7) is 3.96. The second-order valence-electron chi connectivity index (χ2n) is 7.19. The van der Waals surface area contributed by atoms with Crippen molar-refractivity contribution >= 4 is 11.5 Å². The van der Waals surface area contributed by atoms with Crippen LogP contribution in [0, 0.1) is 6.92 Å². The molecule has 1 unspecified atom stereocenters. The van der Waals surface area contributed by atoms with Crippen LogP contribution in [0.25, 0.3) is 0 Å². The van der Waals surface area contributed by atoms with Crippen LogP contribution in [0.5, 0.6) is 0 Å². The highest BCUT2D eigenvalue weighted by atomic mass is 15.4. The number of nitrogens with zero attached hydrogens (tertiary/aromatic N) is 3. The number of para-hydroxylation sites is 1. The Kier molecular flexibility index (Phi) is 3.71. The number of hydrogen-bond acceptors (Lipinski definition) is 4. The average molecular weight is 354 g/mol. The van der Waals surface area contributed by atoms with Crippen LogP contribution in [0.3, 0.4) is 0 Å². The predicted octanol–water partition coefficient (Wildman–Crippen LogP) is 4.17. The van der Waals surface area contributed by atoms with Crippen LogP contribution in [-0.2, 0) is 5.66 Å². The fourth-order valence-corrected chi connectivity index (χ4v) is 4.22. The molecule has 1 aromatic heterocycles. The van der Waals surface area contributed by atoms with Gasteiger partial charge in [-0.3, -0.25) is 9.98 Å². The molecule has 0 spiro atoms. The van der Waals surface area contributed by atoms with Gasteiger partial charge in [-0.1, -0.05) is 42.0 Å². The van der Waals surface area contributed by atoms with Crippen molar-refractivity contribution in [2.45, 2.75) is 19.0 Å². The summed E-state index contributed by atoms with van der Waals surface area (Å²) in [4.78, 5) is 11.6. The Labute approximate surface area is 159 Å². The Bertz CT molecular complexity index is 994. The van der Waals surface area contributed by atoms with Gasteiger partial charge in [0.2, 0.25) is 0 Å². The fraction of sp³-hybridized carbons (Fsp3) is 0.217. The molecule has 0 bridgehead atoms. The third kappa shape index (κ3) is 2.44. The van der Waals surface area contributed by atoms with E-state index in [9.17, 15) is 0 Å². The van der Waals surface area contributed by atoms with Crippen molar-refractivity contribution in [3.63, 3.8) is 0 Å². The molecule has 0 amide bonds. The Hall–Kier alpha value is -3.14. The van der Waals surface area contributed by atoms with Crippen molar-refractivity contribution in [3.05, 3.63) is 95.3 Å². The van der Waals surface area contributed by atoms with E-state index in [1.165, 1.54) is 22.3 Å². The van der Waals surface area contributed by atoms with Crippen LogP contribution >= 0.6 is 0 Å². The number of benzene rings is 2. The number of aliphatic imine (C=N–C) groups is 1. The minimum atomic E-state index is -0.496. The molecule has 1 atom stereocenters. The molecule has 2 aromatic carbocycles. The van der Waals surface area contributed by atoms with E-state index < -0.39 is 5.66 Å². The number of fused-ring (bicyclic) bond motifs is 3. The Morgan fingerprint density at radius 1 is 0.926 bits per heavy atom. The zero-order chi connectivity index (χ0) is 18.3. The molecule has 1 N–H and O–H groups in total. The number of hydrogen-bond donors (Lipinski definition) is 1. The number of aryl methyl sites for hydroxylation is 1. The molecular formula is C23H22N4. The lowest BCUT2D eigenvalue weighted by molar-refractivity contribution is 0.235. The van der Waals surface area contributed by atoms with Gasteiger partial charge in [0.25, 0.3) is 0 Å². The van der Waals surface area contributed by atoms with Gasteiger partial charge in [0, 0.05) is 47.9 Å². The van der Waals surface area contributed by atoms with Crippen molar-refractivity contribution in [1.82, 2.24) is 9.88 Å². The van der Waals surface area contributed by atoms with E-state index in [4.69, 9.17) is 4.99 Å². The predicted molar refractivity (Wildman–Crippen MR) is 109 cm³/mol. The van der Waals surface area contributed by atoms with Crippen LogP contribution in [0.15, 0.2) is 78.0 Å². The molecule has 27 heavy (non-hydrogen) atoms. The van der Waals surface area contributed by atoms with Gasteiger partial charge in [0.15, 0.2) is 5.66 Å². The minimum Gasteiger partial charge on any atom is -0.354 e. The van der Waals surface area contributed by atoms with E-state index in [-0.39, 0.29) is 0 Å². The number of rotatable bonds is 2. The average Bonchev–Trinajstić information content (AvgIpc) is 2.74. The SMILES string of the molecule is Cc1ccc(C2(c3ccncc3)Nc3ccccc3C3=NCCCN32)cc1. The summed E-state index contributed by atoms with van der Waals surface area (Å²) in [5.41, 5.74) is 5.44. The first-order chi connectivity index (χ1) is 13.3. The molecule has 134 valence electrons. The number of amidine groups is 1. The molecular weight excluding hydrogens is 332 g/mol. The van der Waals surface area contributed by atoms with Crippen molar-refractivity contribution in [2.75, 3.05) is 18.4 Å². The Morgan fingerprint density at radius 2 is 1.67 bits per heavy atom. The van der Waals surface area contributed by atoms with Gasteiger partial charge >= 0.3 is 0 Å². The van der Waals surface area contributed by atoms with Crippen LogP contribution in [0.4, 0.5) is 5.69 Å². The van der Waals surface area contributed by atoms with Crippen LogP contribution in [0.1, 0.15) is 28.7 Å². The van der Waals surface area contributed by atoms with E-state index >= 15 is 0 Å². The quantitative estimate of drug-likeness (QED) is 0.751. The smallest absolute Gasteiger partial charge is 0.165 e. The van der Waals surface area contributed by atoms with E-state index in [1.807, 2.05) is 12.4 Å². The first kappa shape index (κ1) is 16.1. The molecule has 4 nitrogen and oxygen atoms in total. The summed E-state index contributed by atoms with van der Waals surface area (Å²) in [5.74, 6) is 1.08. The molecule has 0 fully saturated rings. The highest BCUT2D eigenvalue weighted by Crippen LogP contribution is 2.43. The monoisotopic (exact) mass is 354 g/mol. The maximum absolute atomic E-state index is 4.94. The van der Waals surface area contributed by atoms with Crippen LogP contribution < -0.4 is 5.32 Å². The van der Waals surface area contributed by atoms with Gasteiger partial charge in [-0.15, -0.1) is 0 Å². The number of nitrogens with one attached hydrogen (secondary N) is 1. The Morgan fingerprint density at radius 3 is 2.48 bits per heavy atom. The van der Waals surface area contributed by atoms with E-state index in [0.29, 0.717) is 0 Å². The minimum absolute atomic E-state index is 0.496. The van der Waals surface area contributed by atoms with Gasteiger partial charge < -0.3 is 10.2 Å². The lowest BCUT2D eigenvalue weighted by Gasteiger charge is -2.52. The van der Waals surface area contributed by atoms with Crippen LogP contribution in [0.2, 0.25) is 0 Å².